The van der Waals surface area contributed by atoms with Gasteiger partial charge in [0.05, 0.1) is 22.1 Å². The van der Waals surface area contributed by atoms with Gasteiger partial charge in [0, 0.05) is 49.6 Å². The van der Waals surface area contributed by atoms with Crippen molar-refractivity contribution in [3.8, 4) is 123 Å². The van der Waals surface area contributed by atoms with Crippen molar-refractivity contribution in [1.29, 1.82) is 0 Å². The van der Waals surface area contributed by atoms with Crippen molar-refractivity contribution in [2.45, 2.75) is 0 Å². The number of hydrogen-bond acceptors (Lipinski definition) is 3. The summed E-state index contributed by atoms with van der Waals surface area (Å²) < 4.78 is 4.75. The van der Waals surface area contributed by atoms with Crippen LogP contribution in [0, 0.1) is 0 Å². The van der Waals surface area contributed by atoms with E-state index in [2.05, 4.69) is 355 Å². The molecule has 3 aromatic heterocycles. The molecule has 0 spiro atoms. The summed E-state index contributed by atoms with van der Waals surface area (Å²) in [5.74, 6) is 1.80. The lowest BCUT2D eigenvalue weighted by molar-refractivity contribution is 1.07. The molecule has 3 heterocycles. The van der Waals surface area contributed by atoms with Crippen molar-refractivity contribution < 1.29 is 0 Å². The maximum atomic E-state index is 5.25. The van der Waals surface area contributed by atoms with Gasteiger partial charge in [-0.3, -0.25) is 0 Å². The van der Waals surface area contributed by atoms with Gasteiger partial charge in [-0.15, -0.1) is 0 Å². The minimum Gasteiger partial charge on any atom is -0.309 e. The molecule has 17 rings (SSSR count). The Bertz CT molecular complexity index is 5250. The molecule has 430 valence electrons. The van der Waals surface area contributed by atoms with Crippen LogP contribution >= 0.6 is 0 Å². The van der Waals surface area contributed by atoms with Gasteiger partial charge >= 0.3 is 0 Å². The van der Waals surface area contributed by atoms with Crippen molar-refractivity contribution in [2.75, 3.05) is 0 Å². The summed E-state index contributed by atoms with van der Waals surface area (Å²) in [4.78, 5) is 15.7. The molecule has 0 aliphatic rings. The molecule has 0 N–H and O–H groups in total. The zero-order chi connectivity index (χ0) is 60.9. The van der Waals surface area contributed by atoms with Crippen molar-refractivity contribution >= 4 is 43.6 Å². The normalized spacial score (nSPS) is 11.5. The van der Waals surface area contributed by atoms with Crippen molar-refractivity contribution in [3.05, 3.63) is 346 Å². The number of benzene rings is 14. The fourth-order valence-electron chi connectivity index (χ4n) is 13.4. The highest BCUT2D eigenvalue weighted by Crippen LogP contribution is 2.39. The molecule has 0 amide bonds. The maximum absolute atomic E-state index is 5.25. The first-order chi connectivity index (χ1) is 45.6. The highest BCUT2D eigenvalue weighted by Gasteiger charge is 2.18. The lowest BCUT2D eigenvalue weighted by Gasteiger charge is -2.12. The zero-order valence-electron chi connectivity index (χ0n) is 50.1. The van der Waals surface area contributed by atoms with Gasteiger partial charge in [-0.05, 0) is 151 Å². The predicted molar refractivity (Wildman–Crippen MR) is 383 cm³/mol. The Balaban J connectivity index is 0.692. The Kier molecular flexibility index (Phi) is 13.5. The average molecular weight is 1170 g/mol. The van der Waals surface area contributed by atoms with E-state index in [0.717, 1.165) is 89.3 Å². The van der Waals surface area contributed by atoms with E-state index in [4.69, 9.17) is 15.0 Å². The van der Waals surface area contributed by atoms with E-state index in [-0.39, 0.29) is 0 Å². The molecule has 0 atom stereocenters. The molecule has 14 aromatic carbocycles. The van der Waals surface area contributed by atoms with E-state index in [9.17, 15) is 0 Å². The summed E-state index contributed by atoms with van der Waals surface area (Å²) in [5.41, 5.74) is 25.7. The Hall–Kier alpha value is -12.3. The topological polar surface area (TPSA) is 48.5 Å². The molecule has 0 aliphatic carbocycles. The molecule has 17 aromatic rings. The van der Waals surface area contributed by atoms with Crippen LogP contribution in [0.2, 0.25) is 0 Å². The molecule has 0 aliphatic heterocycles. The lowest BCUT2D eigenvalue weighted by atomic mass is 9.96. The third kappa shape index (κ3) is 10.0. The van der Waals surface area contributed by atoms with Crippen LogP contribution in [0.5, 0.6) is 0 Å². The summed E-state index contributed by atoms with van der Waals surface area (Å²) in [7, 11) is 0. The Morgan fingerprint density at radius 1 is 0.152 bits per heavy atom. The first-order valence-corrected chi connectivity index (χ1v) is 31.3. The quantitative estimate of drug-likeness (QED) is 0.122. The van der Waals surface area contributed by atoms with Crippen LogP contribution in [0.4, 0.5) is 0 Å². The summed E-state index contributed by atoms with van der Waals surface area (Å²) in [6, 6.07) is 124. The fraction of sp³-hybridized carbons (Fsp3) is 0. The molecule has 5 heteroatoms. The minimum absolute atomic E-state index is 0.599. The molecule has 0 unspecified atom stereocenters. The molecular weight excluding hydrogens is 1110 g/mol. The number of hydrogen-bond donors (Lipinski definition) is 0. The molecule has 0 radical (unpaired) electrons. The van der Waals surface area contributed by atoms with E-state index in [1.54, 1.807) is 0 Å². The van der Waals surface area contributed by atoms with Crippen LogP contribution in [-0.2, 0) is 0 Å². The molecule has 0 fully saturated rings. The smallest absolute Gasteiger partial charge is 0.164 e. The van der Waals surface area contributed by atoms with Gasteiger partial charge < -0.3 is 9.13 Å². The van der Waals surface area contributed by atoms with E-state index in [1.165, 1.54) is 60.3 Å². The van der Waals surface area contributed by atoms with Crippen LogP contribution < -0.4 is 0 Å². The molecule has 0 bridgehead atoms. The standard InChI is InChI=1S/C87H57N5/c1-2-18-58(19-3-1)65-20-12-24-69(52-65)70-25-13-21-66(53-70)59-40-46-62(47-41-59)85-88-86(63-48-42-60(43-49-63)67-22-14-26-71(54-67)73-28-16-30-75(56-73)91-81-36-8-4-32-77(81)78-33-5-9-37-82(78)91)90-87(89-85)64-50-44-61(45-51-64)68-23-15-27-72(55-68)74-29-17-31-76(57-74)92-83-38-10-6-34-79(83)80-35-7-11-39-84(80)92/h1-57H. The molecule has 92 heavy (non-hydrogen) atoms. The van der Waals surface area contributed by atoms with Gasteiger partial charge in [0.1, 0.15) is 0 Å². The van der Waals surface area contributed by atoms with E-state index in [0.29, 0.717) is 17.5 Å². The average Bonchev–Trinajstić information content (AvgIpc) is 1.79. The fourth-order valence-corrected chi connectivity index (χ4v) is 13.4. The third-order valence-electron chi connectivity index (χ3n) is 18.0. The van der Waals surface area contributed by atoms with Gasteiger partial charge in [-0.25, -0.2) is 15.0 Å². The molecular formula is C87H57N5. The second-order valence-corrected chi connectivity index (χ2v) is 23.6. The van der Waals surface area contributed by atoms with Crippen LogP contribution in [-0.4, -0.2) is 24.1 Å². The Morgan fingerprint density at radius 2 is 0.359 bits per heavy atom. The Labute approximate surface area is 533 Å². The summed E-state index contributed by atoms with van der Waals surface area (Å²) >= 11 is 0. The highest BCUT2D eigenvalue weighted by molar-refractivity contribution is 6.10. The van der Waals surface area contributed by atoms with E-state index >= 15 is 0 Å². The number of aromatic nitrogens is 5. The van der Waals surface area contributed by atoms with Gasteiger partial charge in [0.15, 0.2) is 17.5 Å². The van der Waals surface area contributed by atoms with Crippen LogP contribution in [0.15, 0.2) is 346 Å². The van der Waals surface area contributed by atoms with E-state index in [1.807, 2.05) is 0 Å². The minimum atomic E-state index is 0.599. The van der Waals surface area contributed by atoms with Gasteiger partial charge in [-0.2, -0.15) is 0 Å². The number of para-hydroxylation sites is 4. The molecule has 5 nitrogen and oxygen atoms in total. The molecule has 0 saturated heterocycles. The third-order valence-corrected chi connectivity index (χ3v) is 18.0. The van der Waals surface area contributed by atoms with Crippen molar-refractivity contribution in [3.63, 3.8) is 0 Å². The lowest BCUT2D eigenvalue weighted by Crippen LogP contribution is -2.00. The SMILES string of the molecule is c1ccc(-c2cccc(-c3cccc(-c4ccc(-c5nc(-c6ccc(-c7cccc(-c8cccc(-n9c%10ccccc%10c%10ccccc%109)c8)c7)cc6)nc(-c6ccc(-c7cccc(-c8cccc(-n9c%10ccccc%10c%10ccccc%109)c8)c7)cc6)n5)cc4)c3)c2)cc1. The zero-order valence-corrected chi connectivity index (χ0v) is 50.1. The summed E-state index contributed by atoms with van der Waals surface area (Å²) in [6.45, 7) is 0. The van der Waals surface area contributed by atoms with Crippen molar-refractivity contribution in [1.82, 2.24) is 24.1 Å². The monoisotopic (exact) mass is 1170 g/mol. The van der Waals surface area contributed by atoms with Crippen LogP contribution in [0.3, 0.4) is 0 Å². The van der Waals surface area contributed by atoms with Gasteiger partial charge in [-0.1, -0.05) is 273 Å². The Morgan fingerprint density at radius 3 is 0.652 bits per heavy atom. The summed E-state index contributed by atoms with van der Waals surface area (Å²) in [5, 5.41) is 5.00. The number of rotatable bonds is 12. The van der Waals surface area contributed by atoms with Crippen molar-refractivity contribution in [2.24, 2.45) is 0 Å². The van der Waals surface area contributed by atoms with E-state index < -0.39 is 0 Å². The van der Waals surface area contributed by atoms with Crippen LogP contribution in [0.25, 0.3) is 167 Å². The first kappa shape index (κ1) is 53.9. The number of nitrogens with zero attached hydrogens (tertiary/aromatic N) is 5. The predicted octanol–water partition coefficient (Wildman–Crippen LogP) is 22.7. The highest BCUT2D eigenvalue weighted by atomic mass is 15.0. The van der Waals surface area contributed by atoms with Crippen LogP contribution in [0.1, 0.15) is 0 Å². The summed E-state index contributed by atoms with van der Waals surface area (Å²) in [6.07, 6.45) is 0. The number of fused-ring (bicyclic) bond motifs is 6. The maximum Gasteiger partial charge on any atom is 0.164 e. The van der Waals surface area contributed by atoms with Gasteiger partial charge in [0.2, 0.25) is 0 Å². The second-order valence-electron chi connectivity index (χ2n) is 23.6. The second kappa shape index (κ2) is 23.0. The molecule has 0 saturated carbocycles. The van der Waals surface area contributed by atoms with Gasteiger partial charge in [0.25, 0.3) is 0 Å². The largest absolute Gasteiger partial charge is 0.309 e. The first-order valence-electron chi connectivity index (χ1n) is 31.3.